The summed E-state index contributed by atoms with van der Waals surface area (Å²) in [5.41, 5.74) is 7.11. The lowest BCUT2D eigenvalue weighted by Gasteiger charge is -2.18. The number of hydrogen-bond donors (Lipinski definition) is 2. The molecule has 4 rings (SSSR count). The Bertz CT molecular complexity index is 1130. The van der Waals surface area contributed by atoms with E-state index in [1.54, 1.807) is 7.11 Å². The molecule has 1 aliphatic carbocycles. The van der Waals surface area contributed by atoms with Crippen LogP contribution < -0.4 is 10.1 Å². The van der Waals surface area contributed by atoms with Crippen LogP contribution in [0.25, 0.3) is 11.1 Å². The van der Waals surface area contributed by atoms with Gasteiger partial charge < -0.3 is 19.9 Å². The van der Waals surface area contributed by atoms with Crippen molar-refractivity contribution in [3.8, 4) is 16.9 Å². The van der Waals surface area contributed by atoms with Crippen LogP contribution in [0, 0.1) is 13.8 Å². The van der Waals surface area contributed by atoms with Gasteiger partial charge in [-0.3, -0.25) is 0 Å². The molecule has 0 aromatic heterocycles. The maximum atomic E-state index is 12.5. The summed E-state index contributed by atoms with van der Waals surface area (Å²) >= 11 is 0. The van der Waals surface area contributed by atoms with Gasteiger partial charge in [-0.1, -0.05) is 60.7 Å². The quantitative estimate of drug-likeness (QED) is 0.543. The molecular weight excluding hydrogens is 418 g/mol. The number of benzene rings is 3. The lowest BCUT2D eigenvalue weighted by molar-refractivity contribution is -0.139. The fourth-order valence-electron chi connectivity index (χ4n) is 4.70. The molecule has 1 atom stereocenters. The zero-order chi connectivity index (χ0) is 23.5. The summed E-state index contributed by atoms with van der Waals surface area (Å²) in [6.45, 7) is 3.95. The number of rotatable bonds is 7. The topological polar surface area (TPSA) is 84.9 Å². The summed E-state index contributed by atoms with van der Waals surface area (Å²) < 4.78 is 10.9. The molecule has 0 saturated carbocycles. The molecule has 170 valence electrons. The van der Waals surface area contributed by atoms with E-state index in [-0.39, 0.29) is 18.9 Å². The third-order valence-corrected chi connectivity index (χ3v) is 6.10. The molecule has 0 spiro atoms. The van der Waals surface area contributed by atoms with Crippen molar-refractivity contribution in [2.45, 2.75) is 32.2 Å². The van der Waals surface area contributed by atoms with Gasteiger partial charge >= 0.3 is 12.1 Å². The first-order valence-electron chi connectivity index (χ1n) is 10.9. The zero-order valence-corrected chi connectivity index (χ0v) is 18.9. The molecule has 1 amide bonds. The van der Waals surface area contributed by atoms with Crippen LogP contribution in [0.15, 0.2) is 60.7 Å². The summed E-state index contributed by atoms with van der Waals surface area (Å²) in [7, 11) is 1.60. The van der Waals surface area contributed by atoms with E-state index in [4.69, 9.17) is 9.47 Å². The number of aryl methyl sites for hydroxylation is 2. The Morgan fingerprint density at radius 1 is 0.970 bits per heavy atom. The lowest BCUT2D eigenvalue weighted by Crippen LogP contribution is -2.43. The third-order valence-electron chi connectivity index (χ3n) is 6.10. The van der Waals surface area contributed by atoms with Gasteiger partial charge in [-0.2, -0.15) is 0 Å². The standard InChI is InChI=1S/C27H27NO5/c1-16-12-18(13-17(2)25(16)32-3)14-24(26(29)30)28-27(31)33-15-23-21-10-6-4-8-19(21)20-9-5-7-11-22(20)23/h4-13,23-24H,14-15H2,1-3H3,(H,28,31)(H,29,30). The second kappa shape index (κ2) is 9.36. The Morgan fingerprint density at radius 3 is 2.03 bits per heavy atom. The highest BCUT2D eigenvalue weighted by atomic mass is 16.5. The van der Waals surface area contributed by atoms with Crippen LogP contribution >= 0.6 is 0 Å². The van der Waals surface area contributed by atoms with Gasteiger partial charge in [-0.25, -0.2) is 9.59 Å². The summed E-state index contributed by atoms with van der Waals surface area (Å²) in [5.74, 6) is -0.428. The van der Waals surface area contributed by atoms with Gasteiger partial charge in [0.25, 0.3) is 0 Å². The molecular formula is C27H27NO5. The van der Waals surface area contributed by atoms with Crippen LogP contribution in [-0.4, -0.2) is 36.9 Å². The van der Waals surface area contributed by atoms with E-state index in [1.165, 1.54) is 0 Å². The molecule has 3 aromatic rings. The highest BCUT2D eigenvalue weighted by Gasteiger charge is 2.29. The second-order valence-corrected chi connectivity index (χ2v) is 8.33. The Balaban J connectivity index is 1.44. The largest absolute Gasteiger partial charge is 0.496 e. The highest BCUT2D eigenvalue weighted by molar-refractivity contribution is 5.81. The number of alkyl carbamates (subject to hydrolysis) is 1. The first-order chi connectivity index (χ1) is 15.9. The van der Waals surface area contributed by atoms with E-state index in [1.807, 2.05) is 62.4 Å². The van der Waals surface area contributed by atoms with Crippen LogP contribution in [0.3, 0.4) is 0 Å². The van der Waals surface area contributed by atoms with Crippen molar-refractivity contribution >= 4 is 12.1 Å². The van der Waals surface area contributed by atoms with Crippen molar-refractivity contribution in [1.82, 2.24) is 5.32 Å². The van der Waals surface area contributed by atoms with E-state index in [0.29, 0.717) is 0 Å². The number of amides is 1. The molecule has 1 unspecified atom stereocenters. The molecule has 33 heavy (non-hydrogen) atoms. The van der Waals surface area contributed by atoms with E-state index < -0.39 is 18.1 Å². The van der Waals surface area contributed by atoms with Crippen molar-refractivity contribution in [2.75, 3.05) is 13.7 Å². The predicted molar refractivity (Wildman–Crippen MR) is 126 cm³/mol. The van der Waals surface area contributed by atoms with Crippen LogP contribution in [0.5, 0.6) is 5.75 Å². The summed E-state index contributed by atoms with van der Waals surface area (Å²) in [6, 6.07) is 18.8. The average Bonchev–Trinajstić information content (AvgIpc) is 3.11. The Hall–Kier alpha value is -3.80. The maximum Gasteiger partial charge on any atom is 0.407 e. The fraction of sp³-hybridized carbons (Fsp3) is 0.259. The molecule has 0 heterocycles. The zero-order valence-electron chi connectivity index (χ0n) is 18.9. The molecule has 3 aromatic carbocycles. The van der Waals surface area contributed by atoms with Crippen LogP contribution in [0.4, 0.5) is 4.79 Å². The van der Waals surface area contributed by atoms with Crippen molar-refractivity contribution in [1.29, 1.82) is 0 Å². The first-order valence-corrected chi connectivity index (χ1v) is 10.9. The third kappa shape index (κ3) is 4.55. The predicted octanol–water partition coefficient (Wildman–Crippen LogP) is 4.85. The number of ether oxygens (including phenoxy) is 2. The Kier molecular flexibility index (Phi) is 6.36. The number of fused-ring (bicyclic) bond motifs is 3. The molecule has 6 heteroatoms. The minimum Gasteiger partial charge on any atom is -0.496 e. The SMILES string of the molecule is COc1c(C)cc(CC(NC(=O)OCC2c3ccccc3-c3ccccc32)C(=O)O)cc1C. The number of carbonyl (C=O) groups excluding carboxylic acids is 1. The van der Waals surface area contributed by atoms with E-state index in [2.05, 4.69) is 17.4 Å². The minimum atomic E-state index is -1.12. The number of methoxy groups -OCH3 is 1. The van der Waals surface area contributed by atoms with Gasteiger partial charge in [0.2, 0.25) is 0 Å². The molecule has 0 fully saturated rings. The number of nitrogens with one attached hydrogen (secondary N) is 1. The van der Waals surface area contributed by atoms with Crippen molar-refractivity contribution in [3.63, 3.8) is 0 Å². The summed E-state index contributed by atoms with van der Waals surface area (Å²) in [6.07, 6.45) is -0.600. The number of aliphatic carboxylic acids is 1. The normalized spacial score (nSPS) is 13.1. The van der Waals surface area contributed by atoms with Gasteiger partial charge in [-0.05, 0) is 52.8 Å². The van der Waals surface area contributed by atoms with E-state index in [0.717, 1.165) is 44.7 Å². The van der Waals surface area contributed by atoms with E-state index in [9.17, 15) is 14.7 Å². The molecule has 6 nitrogen and oxygen atoms in total. The molecule has 2 N–H and O–H groups in total. The lowest BCUT2D eigenvalue weighted by atomic mass is 9.98. The van der Waals surface area contributed by atoms with E-state index >= 15 is 0 Å². The highest BCUT2D eigenvalue weighted by Crippen LogP contribution is 2.44. The molecule has 0 aliphatic heterocycles. The number of carboxylic acid groups (broad SMARTS) is 1. The van der Waals surface area contributed by atoms with Crippen LogP contribution in [0.1, 0.15) is 33.7 Å². The Morgan fingerprint density at radius 2 is 1.52 bits per heavy atom. The van der Waals surface area contributed by atoms with Gasteiger partial charge in [0.1, 0.15) is 18.4 Å². The average molecular weight is 446 g/mol. The smallest absolute Gasteiger partial charge is 0.407 e. The van der Waals surface area contributed by atoms with Crippen molar-refractivity contribution in [3.05, 3.63) is 88.5 Å². The summed E-state index contributed by atoms with van der Waals surface area (Å²) in [4.78, 5) is 24.4. The molecule has 0 bridgehead atoms. The van der Waals surface area contributed by atoms with Crippen LogP contribution in [0.2, 0.25) is 0 Å². The van der Waals surface area contributed by atoms with Gasteiger partial charge in [0.05, 0.1) is 7.11 Å². The molecule has 1 aliphatic rings. The fourth-order valence-corrected chi connectivity index (χ4v) is 4.70. The number of carboxylic acids is 1. The number of hydrogen-bond acceptors (Lipinski definition) is 4. The molecule has 0 saturated heterocycles. The van der Waals surface area contributed by atoms with Crippen molar-refractivity contribution < 1.29 is 24.2 Å². The monoisotopic (exact) mass is 445 g/mol. The molecule has 0 radical (unpaired) electrons. The maximum absolute atomic E-state index is 12.5. The summed E-state index contributed by atoms with van der Waals surface area (Å²) in [5, 5.41) is 12.2. The first kappa shape index (κ1) is 22.4. The van der Waals surface area contributed by atoms with Gasteiger partial charge in [0, 0.05) is 12.3 Å². The Labute approximate surface area is 193 Å². The van der Waals surface area contributed by atoms with Crippen molar-refractivity contribution in [2.24, 2.45) is 0 Å². The minimum absolute atomic E-state index is 0.0849. The van der Waals surface area contributed by atoms with Gasteiger partial charge in [0.15, 0.2) is 0 Å². The second-order valence-electron chi connectivity index (χ2n) is 8.33. The van der Waals surface area contributed by atoms with Gasteiger partial charge in [-0.15, -0.1) is 0 Å². The van der Waals surface area contributed by atoms with Crippen LogP contribution in [-0.2, 0) is 16.0 Å². The number of carbonyl (C=O) groups is 2.